The second-order valence-electron chi connectivity index (χ2n) is 7.26. The molecule has 154 valence electrons. The normalized spacial score (nSPS) is 11.3. The van der Waals surface area contributed by atoms with Gasteiger partial charge in [-0.05, 0) is 30.7 Å². The van der Waals surface area contributed by atoms with Crippen LogP contribution in [0.3, 0.4) is 0 Å². The van der Waals surface area contributed by atoms with E-state index in [4.69, 9.17) is 4.42 Å². The Labute approximate surface area is 171 Å². The fourth-order valence-electron chi connectivity index (χ4n) is 3.57. The van der Waals surface area contributed by atoms with E-state index >= 15 is 0 Å². The van der Waals surface area contributed by atoms with Crippen LogP contribution in [0.5, 0.6) is 0 Å². The Morgan fingerprint density at radius 2 is 1.90 bits per heavy atom. The van der Waals surface area contributed by atoms with Gasteiger partial charge in [0.05, 0.1) is 16.6 Å². The molecule has 0 radical (unpaired) electrons. The van der Waals surface area contributed by atoms with Crippen molar-refractivity contribution >= 4 is 27.8 Å². The van der Waals surface area contributed by atoms with Gasteiger partial charge in [-0.2, -0.15) is 5.10 Å². The molecule has 8 nitrogen and oxygen atoms in total. The molecule has 1 N–H and O–H groups in total. The maximum Gasteiger partial charge on any atom is 0.420 e. The van der Waals surface area contributed by atoms with Gasteiger partial charge >= 0.3 is 5.76 Å². The lowest BCUT2D eigenvalue weighted by Gasteiger charge is -2.09. The Balaban J connectivity index is 1.39. The number of aromatic nitrogens is 3. The number of benzene rings is 2. The zero-order valence-electron chi connectivity index (χ0n) is 16.8. The lowest BCUT2D eigenvalue weighted by molar-refractivity contribution is -0.121. The summed E-state index contributed by atoms with van der Waals surface area (Å²) in [7, 11) is 1.60. The lowest BCUT2D eigenvalue weighted by atomic mass is 10.1. The van der Waals surface area contributed by atoms with Gasteiger partial charge in [-0.25, -0.2) is 9.48 Å². The molecule has 0 spiro atoms. The highest BCUT2D eigenvalue weighted by molar-refractivity contribution is 5.84. The molecule has 0 unspecified atom stereocenters. The molecule has 4 aromatic rings. The lowest BCUT2D eigenvalue weighted by Crippen LogP contribution is -2.30. The highest BCUT2D eigenvalue weighted by Crippen LogP contribution is 2.15. The molecule has 0 saturated heterocycles. The van der Waals surface area contributed by atoms with E-state index in [1.54, 1.807) is 13.1 Å². The summed E-state index contributed by atoms with van der Waals surface area (Å²) in [6.07, 6.45) is 0.643. The Morgan fingerprint density at radius 1 is 1.13 bits per heavy atom. The predicted octanol–water partition coefficient (Wildman–Crippen LogP) is 1.90. The zero-order valence-corrected chi connectivity index (χ0v) is 16.8. The van der Waals surface area contributed by atoms with E-state index in [2.05, 4.69) is 10.4 Å². The Morgan fingerprint density at radius 3 is 2.70 bits per heavy atom. The van der Waals surface area contributed by atoms with Crippen LogP contribution in [-0.4, -0.2) is 26.8 Å². The van der Waals surface area contributed by atoms with E-state index in [-0.39, 0.29) is 17.9 Å². The average Bonchev–Trinajstić information content (AvgIpc) is 3.04. The fraction of sp³-hybridized carbons (Fsp3) is 0.273. The second kappa shape index (κ2) is 7.98. The van der Waals surface area contributed by atoms with Crippen molar-refractivity contribution in [2.24, 2.45) is 7.05 Å². The minimum atomic E-state index is -0.439. The SMILES string of the molecule is Cc1ccc2c(c1)oc(=O)n2CCNC(=O)CCc1nn(C)c(=O)c2ccccc12. The number of hydrogen-bond acceptors (Lipinski definition) is 5. The van der Waals surface area contributed by atoms with Crippen LogP contribution in [0, 0.1) is 6.92 Å². The number of nitrogens with zero attached hydrogens (tertiary/aromatic N) is 3. The molecule has 0 fully saturated rings. The summed E-state index contributed by atoms with van der Waals surface area (Å²) in [5, 5.41) is 8.50. The van der Waals surface area contributed by atoms with Crippen molar-refractivity contribution < 1.29 is 9.21 Å². The van der Waals surface area contributed by atoms with Crippen LogP contribution in [0.4, 0.5) is 0 Å². The number of amides is 1. The third kappa shape index (κ3) is 3.76. The first kappa shape index (κ1) is 19.6. The van der Waals surface area contributed by atoms with Crippen LogP contribution in [0.15, 0.2) is 56.5 Å². The van der Waals surface area contributed by atoms with Gasteiger partial charge in [0.2, 0.25) is 5.91 Å². The molecule has 2 aromatic carbocycles. The summed E-state index contributed by atoms with van der Waals surface area (Å²) in [5.41, 5.74) is 2.80. The fourth-order valence-corrected chi connectivity index (χ4v) is 3.57. The summed E-state index contributed by atoms with van der Waals surface area (Å²) in [6, 6.07) is 12.8. The van der Waals surface area contributed by atoms with Crippen molar-refractivity contribution in [2.45, 2.75) is 26.3 Å². The summed E-state index contributed by atoms with van der Waals surface area (Å²) >= 11 is 0. The van der Waals surface area contributed by atoms with Crippen molar-refractivity contribution in [3.63, 3.8) is 0 Å². The molecule has 0 saturated carbocycles. The highest BCUT2D eigenvalue weighted by atomic mass is 16.4. The molecule has 0 aliphatic carbocycles. The second-order valence-corrected chi connectivity index (χ2v) is 7.26. The monoisotopic (exact) mass is 406 g/mol. The molecule has 0 aliphatic rings. The standard InChI is InChI=1S/C22H22N4O4/c1-14-7-9-18-19(13-14)30-22(29)26(18)12-11-23-20(27)10-8-17-15-5-3-4-6-16(15)21(28)25(2)24-17/h3-7,9,13H,8,10-12H2,1-2H3,(H,23,27). The van der Waals surface area contributed by atoms with Crippen molar-refractivity contribution in [1.29, 1.82) is 0 Å². The molecule has 4 rings (SSSR count). The molecule has 2 aromatic heterocycles. The first-order chi connectivity index (χ1) is 14.4. The summed E-state index contributed by atoms with van der Waals surface area (Å²) in [4.78, 5) is 36.6. The third-order valence-corrected chi connectivity index (χ3v) is 5.10. The Hall–Kier alpha value is -3.68. The number of carbonyl (C=O) groups is 1. The van der Waals surface area contributed by atoms with Crippen LogP contribution < -0.4 is 16.6 Å². The molecule has 0 bridgehead atoms. The third-order valence-electron chi connectivity index (χ3n) is 5.10. The van der Waals surface area contributed by atoms with Crippen LogP contribution in [0.1, 0.15) is 17.7 Å². The van der Waals surface area contributed by atoms with Gasteiger partial charge in [-0.3, -0.25) is 14.2 Å². The Kier molecular flexibility index (Phi) is 5.22. The van der Waals surface area contributed by atoms with Crippen LogP contribution in [0.25, 0.3) is 21.9 Å². The number of fused-ring (bicyclic) bond motifs is 2. The predicted molar refractivity (Wildman–Crippen MR) is 114 cm³/mol. The van der Waals surface area contributed by atoms with Crippen LogP contribution in [-0.2, 0) is 24.8 Å². The quantitative estimate of drug-likeness (QED) is 0.527. The van der Waals surface area contributed by atoms with Crippen LogP contribution >= 0.6 is 0 Å². The minimum absolute atomic E-state index is 0.147. The van der Waals surface area contributed by atoms with Gasteiger partial charge in [0.25, 0.3) is 5.56 Å². The van der Waals surface area contributed by atoms with Gasteiger partial charge in [0, 0.05) is 38.4 Å². The van der Waals surface area contributed by atoms with Gasteiger partial charge < -0.3 is 9.73 Å². The van der Waals surface area contributed by atoms with E-state index in [1.807, 2.05) is 43.3 Å². The largest absolute Gasteiger partial charge is 0.420 e. The topological polar surface area (TPSA) is 99.1 Å². The van der Waals surface area contributed by atoms with Crippen molar-refractivity contribution in [3.8, 4) is 0 Å². The smallest absolute Gasteiger partial charge is 0.408 e. The summed E-state index contributed by atoms with van der Waals surface area (Å²) in [6.45, 7) is 2.56. The van der Waals surface area contributed by atoms with Gasteiger partial charge in [-0.1, -0.05) is 24.3 Å². The molecule has 1 amide bonds. The first-order valence-electron chi connectivity index (χ1n) is 9.75. The summed E-state index contributed by atoms with van der Waals surface area (Å²) in [5.74, 6) is -0.586. The number of oxazole rings is 1. The molecular formula is C22H22N4O4. The van der Waals surface area contributed by atoms with E-state index in [9.17, 15) is 14.4 Å². The van der Waals surface area contributed by atoms with Crippen LogP contribution in [0.2, 0.25) is 0 Å². The molecular weight excluding hydrogens is 384 g/mol. The minimum Gasteiger partial charge on any atom is -0.408 e. The maximum atomic E-state index is 12.3. The van der Waals surface area contributed by atoms with E-state index < -0.39 is 5.76 Å². The van der Waals surface area contributed by atoms with Crippen molar-refractivity contribution in [2.75, 3.05) is 6.54 Å². The van der Waals surface area contributed by atoms with Crippen molar-refractivity contribution in [3.05, 3.63) is 74.6 Å². The Bertz CT molecular complexity index is 1360. The van der Waals surface area contributed by atoms with Gasteiger partial charge in [-0.15, -0.1) is 0 Å². The van der Waals surface area contributed by atoms with E-state index in [1.165, 1.54) is 9.25 Å². The first-order valence-corrected chi connectivity index (χ1v) is 9.75. The number of hydrogen-bond donors (Lipinski definition) is 1. The average molecular weight is 406 g/mol. The van der Waals surface area contributed by atoms with Gasteiger partial charge in [0.15, 0.2) is 5.58 Å². The number of nitrogens with one attached hydrogen (secondary N) is 1. The van der Waals surface area contributed by atoms with Crippen molar-refractivity contribution in [1.82, 2.24) is 19.7 Å². The molecule has 0 aliphatic heterocycles. The number of aryl methyl sites for hydroxylation is 3. The van der Waals surface area contributed by atoms with E-state index in [0.717, 1.165) is 10.9 Å². The molecule has 0 atom stereocenters. The molecule has 2 heterocycles. The highest BCUT2D eigenvalue weighted by Gasteiger charge is 2.12. The number of rotatable bonds is 6. The molecule has 30 heavy (non-hydrogen) atoms. The van der Waals surface area contributed by atoms with E-state index in [0.29, 0.717) is 41.7 Å². The number of carbonyl (C=O) groups excluding carboxylic acids is 1. The summed E-state index contributed by atoms with van der Waals surface area (Å²) < 4.78 is 8.07. The van der Waals surface area contributed by atoms with Gasteiger partial charge in [0.1, 0.15) is 0 Å². The maximum absolute atomic E-state index is 12.3. The molecule has 8 heteroatoms. The zero-order chi connectivity index (χ0) is 21.3.